The van der Waals surface area contributed by atoms with E-state index in [2.05, 4.69) is 70.7 Å². The highest BCUT2D eigenvalue weighted by molar-refractivity contribution is 6.35. The number of halogens is 2. The summed E-state index contributed by atoms with van der Waals surface area (Å²) in [5, 5.41) is 6.22. The molecule has 4 rings (SSSR count). The van der Waals surface area contributed by atoms with Gasteiger partial charge in [-0.2, -0.15) is 0 Å². The molecule has 1 aromatic heterocycles. The van der Waals surface area contributed by atoms with Crippen LogP contribution >= 0.6 is 23.2 Å². The van der Waals surface area contributed by atoms with Crippen molar-refractivity contribution in [3.05, 3.63) is 106 Å². The van der Waals surface area contributed by atoms with E-state index in [0.717, 1.165) is 31.6 Å². The number of benzene rings is 3. The van der Waals surface area contributed by atoms with Crippen LogP contribution in [0.3, 0.4) is 0 Å². The molecule has 3 aromatic carbocycles. The van der Waals surface area contributed by atoms with Gasteiger partial charge in [0.25, 0.3) is 0 Å². The van der Waals surface area contributed by atoms with E-state index in [4.69, 9.17) is 23.2 Å². The van der Waals surface area contributed by atoms with Gasteiger partial charge in [-0.15, -0.1) is 0 Å². The molecule has 0 saturated heterocycles. The second-order valence-electron chi connectivity index (χ2n) is 6.95. The van der Waals surface area contributed by atoms with Crippen molar-refractivity contribution in [1.29, 1.82) is 0 Å². The largest absolute Gasteiger partial charge is 0.343 e. The topological polar surface area (TPSA) is 17.0 Å². The molecular weight excluding hydrogens is 387 g/mol. The van der Waals surface area contributed by atoms with E-state index < -0.39 is 0 Å². The maximum Gasteiger partial charge on any atom is 0.0491 e. The quantitative estimate of drug-likeness (QED) is 0.353. The van der Waals surface area contributed by atoms with Crippen LogP contribution in [-0.4, -0.2) is 11.1 Å². The molecule has 1 N–H and O–H groups in total. The molecule has 0 aliphatic rings. The van der Waals surface area contributed by atoms with Crippen molar-refractivity contribution in [1.82, 2.24) is 9.88 Å². The number of para-hydroxylation sites is 1. The zero-order valence-corrected chi connectivity index (χ0v) is 17.0. The third-order valence-corrected chi connectivity index (χ3v) is 5.56. The molecule has 0 unspecified atom stereocenters. The Kier molecular flexibility index (Phi) is 6.01. The van der Waals surface area contributed by atoms with Gasteiger partial charge in [-0.3, -0.25) is 0 Å². The fourth-order valence-corrected chi connectivity index (χ4v) is 4.00. The molecule has 0 spiro atoms. The molecule has 142 valence electrons. The Morgan fingerprint density at radius 1 is 0.821 bits per heavy atom. The lowest BCUT2D eigenvalue weighted by molar-refractivity contribution is 0.686. The van der Waals surface area contributed by atoms with Crippen LogP contribution in [0.1, 0.15) is 16.7 Å². The lowest BCUT2D eigenvalue weighted by Gasteiger charge is -2.08. The summed E-state index contributed by atoms with van der Waals surface area (Å²) in [7, 11) is 0. The normalized spacial score (nSPS) is 11.2. The van der Waals surface area contributed by atoms with Crippen molar-refractivity contribution in [3.63, 3.8) is 0 Å². The first-order valence-electron chi connectivity index (χ1n) is 9.46. The van der Waals surface area contributed by atoms with Gasteiger partial charge in [-0.1, -0.05) is 77.8 Å². The summed E-state index contributed by atoms with van der Waals surface area (Å²) >= 11 is 12.4. The van der Waals surface area contributed by atoms with Gasteiger partial charge in [-0.25, -0.2) is 0 Å². The van der Waals surface area contributed by atoms with Crippen LogP contribution in [0.15, 0.2) is 79.0 Å². The summed E-state index contributed by atoms with van der Waals surface area (Å²) in [5.41, 5.74) is 4.94. The zero-order valence-electron chi connectivity index (χ0n) is 15.5. The van der Waals surface area contributed by atoms with E-state index in [1.807, 2.05) is 12.1 Å². The number of nitrogens with zero attached hydrogens (tertiary/aromatic N) is 1. The molecule has 0 aliphatic heterocycles. The number of rotatable bonds is 7. The smallest absolute Gasteiger partial charge is 0.0491 e. The van der Waals surface area contributed by atoms with E-state index in [9.17, 15) is 0 Å². The molecule has 0 atom stereocenters. The van der Waals surface area contributed by atoms with Crippen molar-refractivity contribution in [2.45, 2.75) is 19.5 Å². The molecule has 28 heavy (non-hydrogen) atoms. The average molecular weight is 409 g/mol. The summed E-state index contributed by atoms with van der Waals surface area (Å²) < 4.78 is 2.26. The number of hydrogen-bond donors (Lipinski definition) is 1. The van der Waals surface area contributed by atoms with Crippen molar-refractivity contribution in [2.24, 2.45) is 0 Å². The van der Waals surface area contributed by atoms with E-state index in [0.29, 0.717) is 10.0 Å². The molecule has 0 saturated carbocycles. The van der Waals surface area contributed by atoms with Crippen LogP contribution in [0.4, 0.5) is 0 Å². The van der Waals surface area contributed by atoms with Gasteiger partial charge in [0.1, 0.15) is 0 Å². The summed E-state index contributed by atoms with van der Waals surface area (Å²) in [6.07, 6.45) is 3.25. The average Bonchev–Trinajstić information content (AvgIpc) is 3.06. The van der Waals surface area contributed by atoms with Crippen LogP contribution in [0.2, 0.25) is 10.0 Å². The second-order valence-corrected chi connectivity index (χ2v) is 7.79. The van der Waals surface area contributed by atoms with Crippen molar-refractivity contribution < 1.29 is 0 Å². The Labute approximate surface area is 175 Å². The molecule has 2 nitrogen and oxygen atoms in total. The van der Waals surface area contributed by atoms with Gasteiger partial charge in [-0.05, 0) is 47.9 Å². The Hall–Kier alpha value is -2.26. The minimum atomic E-state index is 0.661. The molecule has 1 heterocycles. The van der Waals surface area contributed by atoms with E-state index >= 15 is 0 Å². The molecular formula is C24H22Cl2N2. The maximum atomic E-state index is 6.39. The van der Waals surface area contributed by atoms with Crippen molar-refractivity contribution in [3.8, 4) is 0 Å². The summed E-state index contributed by atoms with van der Waals surface area (Å²) in [6.45, 7) is 2.52. The Balaban J connectivity index is 1.49. The molecule has 4 aromatic rings. The summed E-state index contributed by atoms with van der Waals surface area (Å²) in [5.74, 6) is 0. The highest BCUT2D eigenvalue weighted by Gasteiger charge is 2.10. The van der Waals surface area contributed by atoms with E-state index in [1.54, 1.807) is 6.07 Å². The monoisotopic (exact) mass is 408 g/mol. The van der Waals surface area contributed by atoms with Gasteiger partial charge in [0.2, 0.25) is 0 Å². The lowest BCUT2D eigenvalue weighted by Crippen LogP contribution is -2.16. The first-order valence-corrected chi connectivity index (χ1v) is 10.2. The highest BCUT2D eigenvalue weighted by atomic mass is 35.5. The van der Waals surface area contributed by atoms with Gasteiger partial charge in [0.15, 0.2) is 0 Å². The first kappa shape index (κ1) is 19.1. The predicted molar refractivity (Wildman–Crippen MR) is 119 cm³/mol. The maximum absolute atomic E-state index is 6.39. The van der Waals surface area contributed by atoms with Crippen LogP contribution in [0.5, 0.6) is 0 Å². The molecule has 0 aliphatic carbocycles. The highest BCUT2D eigenvalue weighted by Crippen LogP contribution is 2.26. The van der Waals surface area contributed by atoms with Crippen LogP contribution in [-0.2, 0) is 19.5 Å². The summed E-state index contributed by atoms with van der Waals surface area (Å²) in [4.78, 5) is 0. The second kappa shape index (κ2) is 8.83. The van der Waals surface area contributed by atoms with Gasteiger partial charge in [0, 0.05) is 40.2 Å². The van der Waals surface area contributed by atoms with Crippen LogP contribution < -0.4 is 5.32 Å². The minimum Gasteiger partial charge on any atom is -0.343 e. The fourth-order valence-electron chi connectivity index (χ4n) is 3.53. The third-order valence-electron chi connectivity index (χ3n) is 4.98. The van der Waals surface area contributed by atoms with Crippen LogP contribution in [0.25, 0.3) is 10.9 Å². The van der Waals surface area contributed by atoms with E-state index in [1.165, 1.54) is 22.0 Å². The number of aromatic nitrogens is 1. The Bertz CT molecular complexity index is 1070. The van der Waals surface area contributed by atoms with Crippen molar-refractivity contribution >= 4 is 34.1 Å². The molecule has 0 fully saturated rings. The zero-order chi connectivity index (χ0) is 19.3. The molecule has 4 heteroatoms. The van der Waals surface area contributed by atoms with Gasteiger partial charge >= 0.3 is 0 Å². The van der Waals surface area contributed by atoms with Gasteiger partial charge < -0.3 is 9.88 Å². The number of fused-ring (bicyclic) bond motifs is 1. The third kappa shape index (κ3) is 4.41. The Morgan fingerprint density at radius 3 is 2.43 bits per heavy atom. The minimum absolute atomic E-state index is 0.661. The van der Waals surface area contributed by atoms with Crippen LogP contribution in [0, 0.1) is 0 Å². The van der Waals surface area contributed by atoms with Gasteiger partial charge in [0.05, 0.1) is 0 Å². The molecule has 0 bridgehead atoms. The Morgan fingerprint density at radius 2 is 1.61 bits per heavy atom. The lowest BCUT2D eigenvalue weighted by atomic mass is 10.1. The number of hydrogen-bond acceptors (Lipinski definition) is 1. The SMILES string of the molecule is Clc1ccc(Cn2cc(CNCCc3ccccc3)c3ccccc32)c(Cl)c1. The van der Waals surface area contributed by atoms with E-state index in [-0.39, 0.29) is 0 Å². The van der Waals surface area contributed by atoms with Crippen molar-refractivity contribution in [2.75, 3.05) is 6.54 Å². The number of nitrogens with one attached hydrogen (secondary N) is 1. The molecule has 0 radical (unpaired) electrons. The first-order chi connectivity index (χ1) is 13.7. The fraction of sp³-hybridized carbons (Fsp3) is 0.167. The standard InChI is InChI=1S/C24H22Cl2N2/c25-21-11-10-19(23(26)14-21)16-28-17-20(22-8-4-5-9-24(22)28)15-27-13-12-18-6-2-1-3-7-18/h1-11,14,17,27H,12-13,15-16H2. The molecule has 0 amide bonds. The predicted octanol–water partition coefficient (Wildman–Crippen LogP) is 6.33. The summed E-state index contributed by atoms with van der Waals surface area (Å²) in [6, 6.07) is 24.8.